The first-order valence-electron chi connectivity index (χ1n) is 3.08. The average molecular weight is 172 g/mol. The lowest BCUT2D eigenvalue weighted by Gasteiger charge is -2.31. The minimum Gasteiger partial charge on any atom is -0.363 e. The maximum atomic E-state index is 6.01. The Morgan fingerprint density at radius 1 is 1.33 bits per heavy atom. The van der Waals surface area contributed by atoms with Crippen molar-refractivity contribution in [1.82, 2.24) is 3.90 Å². The highest BCUT2D eigenvalue weighted by molar-refractivity contribution is 6.82. The van der Waals surface area contributed by atoms with Crippen molar-refractivity contribution in [1.29, 1.82) is 0 Å². The van der Waals surface area contributed by atoms with Gasteiger partial charge < -0.3 is 9.30 Å². The van der Waals surface area contributed by atoms with E-state index in [-0.39, 0.29) is 0 Å². The van der Waals surface area contributed by atoms with Crippen LogP contribution in [-0.4, -0.2) is 33.1 Å². The third-order valence-electron chi connectivity index (χ3n) is 1.67. The predicted octanol–water partition coefficient (Wildman–Crippen LogP) is -0.104. The van der Waals surface area contributed by atoms with Crippen molar-refractivity contribution < 1.29 is 0 Å². The van der Waals surface area contributed by atoms with Gasteiger partial charge in [0.25, 0.3) is 0 Å². The summed E-state index contributed by atoms with van der Waals surface area (Å²) >= 11 is 0. The standard InChI is InChI=1S/C4H12N2Si3/c1-3-9(5,4-2)6(7)8/h3-5H2,1-2H3. The van der Waals surface area contributed by atoms with Gasteiger partial charge in [0.15, 0.2) is 8.40 Å². The predicted molar refractivity (Wildman–Crippen MR) is 44.3 cm³/mol. The SMILES string of the molecule is CC[Si](N)(CC)N([Si])[Si]. The van der Waals surface area contributed by atoms with Gasteiger partial charge in [-0.3, -0.25) is 0 Å². The summed E-state index contributed by atoms with van der Waals surface area (Å²) in [6.07, 6.45) is 0. The molecule has 0 aliphatic carbocycles. The zero-order valence-electron chi connectivity index (χ0n) is 5.94. The van der Waals surface area contributed by atoms with Crippen molar-refractivity contribution in [2.75, 3.05) is 0 Å². The molecule has 0 aliphatic rings. The molecule has 0 aromatic carbocycles. The van der Waals surface area contributed by atoms with Gasteiger partial charge >= 0.3 is 0 Å². The van der Waals surface area contributed by atoms with E-state index in [0.717, 1.165) is 12.1 Å². The molecule has 0 bridgehead atoms. The molecular weight excluding hydrogens is 160 g/mol. The molecule has 0 spiro atoms. The molecule has 0 heterocycles. The fourth-order valence-corrected chi connectivity index (χ4v) is 3.60. The second kappa shape index (κ2) is 3.67. The molecule has 2 nitrogen and oxygen atoms in total. The third-order valence-corrected chi connectivity index (χ3v) is 7.68. The Kier molecular flexibility index (Phi) is 3.90. The van der Waals surface area contributed by atoms with Crippen molar-refractivity contribution >= 4 is 29.2 Å². The van der Waals surface area contributed by atoms with E-state index in [9.17, 15) is 0 Å². The molecular formula is C4H12N2Si3. The number of nitrogens with zero attached hydrogens (tertiary/aromatic N) is 1. The molecule has 9 heavy (non-hydrogen) atoms. The molecule has 0 saturated heterocycles. The second-order valence-electron chi connectivity index (χ2n) is 2.15. The highest BCUT2D eigenvalue weighted by atomic mass is 28.4. The first kappa shape index (κ1) is 9.57. The normalized spacial score (nSPS) is 12.7. The monoisotopic (exact) mass is 172 g/mol. The van der Waals surface area contributed by atoms with E-state index in [0.29, 0.717) is 0 Å². The van der Waals surface area contributed by atoms with Crippen molar-refractivity contribution in [3.8, 4) is 0 Å². The first-order chi connectivity index (χ1) is 4.06. The Hall–Kier alpha value is 0.571. The van der Waals surface area contributed by atoms with E-state index in [4.69, 9.17) is 5.40 Å². The van der Waals surface area contributed by atoms with Crippen LogP contribution in [-0.2, 0) is 0 Å². The molecule has 0 atom stereocenters. The Bertz CT molecular complexity index is 81.9. The van der Waals surface area contributed by atoms with Crippen LogP contribution in [0.15, 0.2) is 0 Å². The molecule has 2 N–H and O–H groups in total. The molecule has 0 aliphatic heterocycles. The Labute approximate surface area is 65.0 Å². The lowest BCUT2D eigenvalue weighted by atomic mass is 10.9. The maximum absolute atomic E-state index is 6.01. The molecule has 5 heteroatoms. The van der Waals surface area contributed by atoms with Crippen LogP contribution in [0.1, 0.15) is 13.8 Å². The summed E-state index contributed by atoms with van der Waals surface area (Å²) in [5.74, 6) is 0. The van der Waals surface area contributed by atoms with Crippen LogP contribution in [0.4, 0.5) is 0 Å². The largest absolute Gasteiger partial charge is 0.363 e. The molecule has 50 valence electrons. The van der Waals surface area contributed by atoms with Crippen LogP contribution in [0.3, 0.4) is 0 Å². The fourth-order valence-electron chi connectivity index (χ4n) is 0.566. The Balaban J connectivity index is 3.92. The van der Waals surface area contributed by atoms with Gasteiger partial charge in [0.05, 0.1) is 0 Å². The van der Waals surface area contributed by atoms with Crippen LogP contribution >= 0.6 is 0 Å². The molecule has 0 rings (SSSR count). The average Bonchev–Trinajstić information content (AvgIpc) is 1.86. The molecule has 0 aromatic rings. The maximum Gasteiger partial charge on any atom is 0.186 e. The van der Waals surface area contributed by atoms with Gasteiger partial charge in [-0.2, -0.15) is 0 Å². The molecule has 0 aromatic heterocycles. The number of nitrogens with two attached hydrogens (primary N) is 1. The van der Waals surface area contributed by atoms with Gasteiger partial charge in [0.2, 0.25) is 0 Å². The van der Waals surface area contributed by atoms with Crippen molar-refractivity contribution in [3.63, 3.8) is 0 Å². The van der Waals surface area contributed by atoms with Crippen LogP contribution in [0.5, 0.6) is 0 Å². The molecule has 0 fully saturated rings. The van der Waals surface area contributed by atoms with Gasteiger partial charge in [-0.05, 0) is 12.1 Å². The van der Waals surface area contributed by atoms with Gasteiger partial charge in [0, 0.05) is 0 Å². The van der Waals surface area contributed by atoms with Gasteiger partial charge in [-0.1, -0.05) is 13.8 Å². The molecule has 0 amide bonds. The molecule has 0 unspecified atom stereocenters. The summed E-state index contributed by atoms with van der Waals surface area (Å²) in [6.45, 7) is 4.23. The van der Waals surface area contributed by atoms with E-state index < -0.39 is 8.40 Å². The topological polar surface area (TPSA) is 29.3 Å². The summed E-state index contributed by atoms with van der Waals surface area (Å²) in [5.41, 5.74) is 0. The van der Waals surface area contributed by atoms with Crippen molar-refractivity contribution in [2.45, 2.75) is 25.9 Å². The van der Waals surface area contributed by atoms with E-state index in [1.807, 2.05) is 3.90 Å². The van der Waals surface area contributed by atoms with Crippen molar-refractivity contribution in [2.24, 2.45) is 5.40 Å². The second-order valence-corrected chi connectivity index (χ2v) is 8.45. The summed E-state index contributed by atoms with van der Waals surface area (Å²) in [4.78, 5) is 0. The first-order valence-corrected chi connectivity index (χ1v) is 6.41. The lowest BCUT2D eigenvalue weighted by Crippen LogP contribution is -2.58. The Morgan fingerprint density at radius 2 is 1.67 bits per heavy atom. The summed E-state index contributed by atoms with van der Waals surface area (Å²) in [5, 5.41) is 6.01. The van der Waals surface area contributed by atoms with Crippen LogP contribution in [0.2, 0.25) is 12.1 Å². The number of hydrogen-bond acceptors (Lipinski definition) is 2. The van der Waals surface area contributed by atoms with Crippen LogP contribution in [0, 0.1) is 0 Å². The van der Waals surface area contributed by atoms with E-state index >= 15 is 0 Å². The van der Waals surface area contributed by atoms with Gasteiger partial charge in [-0.25, -0.2) is 0 Å². The quantitative estimate of drug-likeness (QED) is 0.602. The van der Waals surface area contributed by atoms with Gasteiger partial charge in [-0.15, -0.1) is 0 Å². The summed E-state index contributed by atoms with van der Waals surface area (Å²) in [7, 11) is 5.08. The molecule has 6 radical (unpaired) electrons. The van der Waals surface area contributed by atoms with Crippen LogP contribution < -0.4 is 5.40 Å². The van der Waals surface area contributed by atoms with E-state index in [1.54, 1.807) is 0 Å². The highest BCUT2D eigenvalue weighted by Crippen LogP contribution is 2.08. The fraction of sp³-hybridized carbons (Fsp3) is 1.00. The minimum atomic E-state index is -1.61. The number of rotatable bonds is 3. The van der Waals surface area contributed by atoms with Crippen molar-refractivity contribution in [3.05, 3.63) is 0 Å². The smallest absolute Gasteiger partial charge is 0.186 e. The molecule has 0 saturated carbocycles. The Morgan fingerprint density at radius 3 is 1.67 bits per heavy atom. The number of hydrogen-bond donors (Lipinski definition) is 1. The summed E-state index contributed by atoms with van der Waals surface area (Å²) in [6, 6.07) is 2.10. The highest BCUT2D eigenvalue weighted by Gasteiger charge is 2.25. The zero-order valence-corrected chi connectivity index (χ0v) is 8.94. The van der Waals surface area contributed by atoms with Crippen LogP contribution in [0.25, 0.3) is 0 Å². The summed E-state index contributed by atoms with van der Waals surface area (Å²) < 4.78 is 1.83. The minimum absolute atomic E-state index is 1.05. The van der Waals surface area contributed by atoms with E-state index in [2.05, 4.69) is 34.7 Å². The third kappa shape index (κ3) is 2.34. The zero-order chi connectivity index (χ0) is 7.49. The van der Waals surface area contributed by atoms with E-state index in [1.165, 1.54) is 0 Å². The lowest BCUT2D eigenvalue weighted by molar-refractivity contribution is 0.963. The van der Waals surface area contributed by atoms with Gasteiger partial charge in [0.1, 0.15) is 20.8 Å².